The third-order valence-corrected chi connectivity index (χ3v) is 6.53. The lowest BCUT2D eigenvalue weighted by atomic mass is 10.1. The number of amides is 2. The van der Waals surface area contributed by atoms with Crippen molar-refractivity contribution in [1.82, 2.24) is 20.4 Å². The van der Waals surface area contributed by atoms with E-state index in [1.807, 2.05) is 45.0 Å². The number of likely N-dealkylation sites (tertiary alicyclic amines) is 1. The van der Waals surface area contributed by atoms with Crippen molar-refractivity contribution in [2.45, 2.75) is 33.2 Å². The number of nitrogens with zero attached hydrogens (tertiary/aromatic N) is 3. The first kappa shape index (κ1) is 19.3. The molecule has 3 heterocycles. The van der Waals surface area contributed by atoms with Gasteiger partial charge in [0.1, 0.15) is 9.71 Å². The number of aryl methyl sites for hydroxylation is 3. The number of benzene rings is 1. The number of hydrogen-bond donors (Lipinski definition) is 2. The second kappa shape index (κ2) is 7.44. The van der Waals surface area contributed by atoms with Gasteiger partial charge in [-0.25, -0.2) is 0 Å². The van der Waals surface area contributed by atoms with Gasteiger partial charge in [0, 0.05) is 30.1 Å². The van der Waals surface area contributed by atoms with Crippen LogP contribution < -0.4 is 11.1 Å². The highest BCUT2D eigenvalue weighted by Gasteiger charge is 2.31. The number of nitrogens with two attached hydrogens (primary N) is 1. The highest BCUT2D eigenvalue weighted by molar-refractivity contribution is 7.21. The van der Waals surface area contributed by atoms with Gasteiger partial charge in [-0.05, 0) is 44.9 Å². The molecule has 0 bridgehead atoms. The first-order chi connectivity index (χ1) is 13.8. The zero-order chi connectivity index (χ0) is 20.7. The smallest absolute Gasteiger partial charge is 0.266 e. The summed E-state index contributed by atoms with van der Waals surface area (Å²) in [6, 6.07) is 7.37. The van der Waals surface area contributed by atoms with Crippen LogP contribution in [0.15, 0.2) is 24.3 Å². The number of hydrogen-bond acceptors (Lipinski definition) is 6. The van der Waals surface area contributed by atoms with E-state index in [0.717, 1.165) is 22.2 Å². The summed E-state index contributed by atoms with van der Waals surface area (Å²) < 4.78 is 0. The van der Waals surface area contributed by atoms with Crippen molar-refractivity contribution >= 4 is 39.1 Å². The van der Waals surface area contributed by atoms with Gasteiger partial charge in [0.05, 0.1) is 11.4 Å². The number of anilines is 1. The maximum atomic E-state index is 13.1. The predicted molar refractivity (Wildman–Crippen MR) is 114 cm³/mol. The zero-order valence-electron chi connectivity index (χ0n) is 16.7. The lowest BCUT2D eigenvalue weighted by Gasteiger charge is -2.17. The van der Waals surface area contributed by atoms with Crippen molar-refractivity contribution in [3.8, 4) is 0 Å². The van der Waals surface area contributed by atoms with Gasteiger partial charge < -0.3 is 16.0 Å². The van der Waals surface area contributed by atoms with Crippen molar-refractivity contribution in [2.24, 2.45) is 0 Å². The normalized spacial score (nSPS) is 16.4. The molecule has 2 aromatic heterocycles. The monoisotopic (exact) mass is 409 g/mol. The molecule has 3 N–H and O–H groups in total. The minimum Gasteiger partial charge on any atom is -0.397 e. The number of nitrogens with one attached hydrogen (secondary N) is 1. The lowest BCUT2D eigenvalue weighted by Crippen LogP contribution is -2.38. The minimum atomic E-state index is -0.118. The van der Waals surface area contributed by atoms with Crippen LogP contribution in [0.2, 0.25) is 0 Å². The van der Waals surface area contributed by atoms with Gasteiger partial charge in [0.2, 0.25) is 0 Å². The molecule has 1 aliphatic heterocycles. The lowest BCUT2D eigenvalue weighted by molar-refractivity contribution is 0.0788. The van der Waals surface area contributed by atoms with Crippen molar-refractivity contribution in [2.75, 3.05) is 18.8 Å². The molecule has 1 atom stereocenters. The summed E-state index contributed by atoms with van der Waals surface area (Å²) in [6.07, 6.45) is 0.714. The highest BCUT2D eigenvalue weighted by atomic mass is 32.1. The Balaban J connectivity index is 1.48. The zero-order valence-corrected chi connectivity index (χ0v) is 17.5. The molecule has 0 spiro atoms. The minimum absolute atomic E-state index is 0.0767. The Hall–Kier alpha value is -3.00. The van der Waals surface area contributed by atoms with Gasteiger partial charge in [0.25, 0.3) is 11.8 Å². The Morgan fingerprint density at radius 2 is 1.90 bits per heavy atom. The van der Waals surface area contributed by atoms with Crippen molar-refractivity contribution < 1.29 is 9.59 Å². The quantitative estimate of drug-likeness (QED) is 0.693. The Kier molecular flexibility index (Phi) is 4.96. The summed E-state index contributed by atoms with van der Waals surface area (Å²) in [5, 5.41) is 12.2. The van der Waals surface area contributed by atoms with Crippen LogP contribution in [-0.2, 0) is 0 Å². The molecule has 4 rings (SSSR count). The van der Waals surface area contributed by atoms with E-state index in [9.17, 15) is 9.59 Å². The standard InChI is InChI=1S/C21H23N5O2S/c1-11-4-6-14(7-5-11)19(27)23-15-8-9-26(10-15)21(28)18-17(22)16-12(2)13(3)24-25-20(16)29-18/h4-7,15H,8-10,22H2,1-3H3,(H,23,27). The van der Waals surface area contributed by atoms with E-state index in [-0.39, 0.29) is 17.9 Å². The number of carbonyl (C=O) groups is 2. The van der Waals surface area contributed by atoms with E-state index in [1.165, 1.54) is 11.3 Å². The summed E-state index contributed by atoms with van der Waals surface area (Å²) in [7, 11) is 0. The van der Waals surface area contributed by atoms with E-state index in [4.69, 9.17) is 5.73 Å². The molecule has 1 saturated heterocycles. The maximum Gasteiger partial charge on any atom is 0.266 e. The van der Waals surface area contributed by atoms with Gasteiger partial charge in [-0.15, -0.1) is 16.4 Å². The molecular formula is C21H23N5O2S. The fraction of sp³-hybridized carbons (Fsp3) is 0.333. The molecule has 2 amide bonds. The third-order valence-electron chi connectivity index (χ3n) is 5.45. The van der Waals surface area contributed by atoms with Crippen LogP contribution in [0.3, 0.4) is 0 Å². The number of nitrogen functional groups attached to an aromatic ring is 1. The Bertz CT molecular complexity index is 1110. The van der Waals surface area contributed by atoms with Crippen molar-refractivity contribution in [3.63, 3.8) is 0 Å². The SMILES string of the molecule is Cc1ccc(C(=O)NC2CCN(C(=O)c3sc4nnc(C)c(C)c4c3N)C2)cc1. The molecule has 3 aromatic rings. The number of carbonyl (C=O) groups excluding carboxylic acids is 2. The summed E-state index contributed by atoms with van der Waals surface area (Å²) in [5.74, 6) is -0.235. The molecule has 8 heteroatoms. The number of aromatic nitrogens is 2. The summed E-state index contributed by atoms with van der Waals surface area (Å²) in [6.45, 7) is 6.84. The van der Waals surface area contributed by atoms with Crippen LogP contribution in [0.4, 0.5) is 5.69 Å². The predicted octanol–water partition coefficient (Wildman–Crippen LogP) is 2.84. The van der Waals surface area contributed by atoms with E-state index < -0.39 is 0 Å². The van der Waals surface area contributed by atoms with Crippen LogP contribution in [0.1, 0.15) is 43.3 Å². The molecule has 150 valence electrons. The Morgan fingerprint density at radius 3 is 2.62 bits per heavy atom. The molecule has 29 heavy (non-hydrogen) atoms. The highest BCUT2D eigenvalue weighted by Crippen LogP contribution is 2.36. The number of rotatable bonds is 3. The largest absolute Gasteiger partial charge is 0.397 e. The molecule has 0 radical (unpaired) electrons. The van der Waals surface area contributed by atoms with E-state index >= 15 is 0 Å². The van der Waals surface area contributed by atoms with E-state index in [0.29, 0.717) is 40.5 Å². The van der Waals surface area contributed by atoms with Gasteiger partial charge in [-0.1, -0.05) is 17.7 Å². The van der Waals surface area contributed by atoms with E-state index in [2.05, 4.69) is 15.5 Å². The second-order valence-electron chi connectivity index (χ2n) is 7.51. The molecule has 1 aromatic carbocycles. The number of fused-ring (bicyclic) bond motifs is 1. The van der Waals surface area contributed by atoms with Crippen LogP contribution in [0.5, 0.6) is 0 Å². The molecule has 0 aliphatic carbocycles. The first-order valence-corrected chi connectivity index (χ1v) is 10.4. The molecule has 1 unspecified atom stereocenters. The summed E-state index contributed by atoms with van der Waals surface area (Å²) in [4.78, 5) is 28.4. The van der Waals surface area contributed by atoms with Crippen molar-refractivity contribution in [1.29, 1.82) is 0 Å². The summed E-state index contributed by atoms with van der Waals surface area (Å²) in [5.41, 5.74) is 10.3. The fourth-order valence-electron chi connectivity index (χ4n) is 3.58. The van der Waals surface area contributed by atoms with Gasteiger partial charge in [-0.3, -0.25) is 9.59 Å². The molecule has 1 fully saturated rings. The molecule has 7 nitrogen and oxygen atoms in total. The van der Waals surface area contributed by atoms with Crippen LogP contribution >= 0.6 is 11.3 Å². The van der Waals surface area contributed by atoms with Crippen molar-refractivity contribution in [3.05, 3.63) is 51.5 Å². The topological polar surface area (TPSA) is 101 Å². The van der Waals surface area contributed by atoms with Crippen LogP contribution in [-0.4, -0.2) is 46.0 Å². The maximum absolute atomic E-state index is 13.1. The average molecular weight is 410 g/mol. The Morgan fingerprint density at radius 1 is 1.17 bits per heavy atom. The molecule has 1 aliphatic rings. The van der Waals surface area contributed by atoms with Gasteiger partial charge >= 0.3 is 0 Å². The number of thiophene rings is 1. The Labute approximate surface area is 172 Å². The molecular weight excluding hydrogens is 386 g/mol. The molecule has 0 saturated carbocycles. The van der Waals surface area contributed by atoms with Crippen LogP contribution in [0, 0.1) is 20.8 Å². The summed E-state index contributed by atoms with van der Waals surface area (Å²) >= 11 is 1.28. The first-order valence-electron chi connectivity index (χ1n) is 9.53. The van der Waals surface area contributed by atoms with Crippen LogP contribution in [0.25, 0.3) is 10.2 Å². The van der Waals surface area contributed by atoms with Gasteiger partial charge in [0.15, 0.2) is 0 Å². The van der Waals surface area contributed by atoms with E-state index in [1.54, 1.807) is 4.90 Å². The average Bonchev–Trinajstić information content (AvgIpc) is 3.29. The second-order valence-corrected chi connectivity index (χ2v) is 8.51. The third kappa shape index (κ3) is 3.55. The fourth-order valence-corrected chi connectivity index (χ4v) is 4.65. The van der Waals surface area contributed by atoms with Gasteiger partial charge in [-0.2, -0.15) is 5.10 Å².